The third kappa shape index (κ3) is 5.48. The molecule has 3 heterocycles. The second-order valence-corrected chi connectivity index (χ2v) is 7.02. The van der Waals surface area contributed by atoms with E-state index in [9.17, 15) is 18.0 Å². The Morgan fingerprint density at radius 2 is 1.75 bits per heavy atom. The van der Waals surface area contributed by atoms with E-state index < -0.39 is 17.8 Å². The summed E-state index contributed by atoms with van der Waals surface area (Å²) in [4.78, 5) is 24.7. The summed E-state index contributed by atoms with van der Waals surface area (Å²) in [5, 5.41) is 4.00. The van der Waals surface area contributed by atoms with E-state index in [1.807, 2.05) is 0 Å². The first-order chi connectivity index (χ1) is 15.4. The molecule has 0 spiro atoms. The molecule has 1 aliphatic rings. The van der Waals surface area contributed by atoms with Crippen LogP contribution in [0.4, 0.5) is 18.0 Å². The van der Waals surface area contributed by atoms with Crippen molar-refractivity contribution >= 4 is 6.09 Å². The Kier molecular flexibility index (Phi) is 6.15. The third-order valence-electron chi connectivity index (χ3n) is 4.75. The number of likely N-dealkylation sites (tertiary alicyclic amines) is 1. The maximum atomic E-state index is 12.6. The number of piperidine rings is 1. The van der Waals surface area contributed by atoms with E-state index in [0.717, 1.165) is 12.1 Å². The molecular weight excluding hydrogens is 429 g/mol. The second-order valence-electron chi connectivity index (χ2n) is 7.02. The van der Waals surface area contributed by atoms with Crippen LogP contribution in [-0.2, 0) is 6.18 Å². The predicted octanol–water partition coefficient (Wildman–Crippen LogP) is 4.18. The number of alkyl halides is 3. The summed E-state index contributed by atoms with van der Waals surface area (Å²) in [5.74, 6) is 0.675. The number of benzene rings is 1. The Labute approximate surface area is 181 Å². The molecule has 0 bridgehead atoms. The number of aromatic nitrogens is 3. The summed E-state index contributed by atoms with van der Waals surface area (Å²) in [6.07, 6.45) is 0.386. The molecule has 0 N–H and O–H groups in total. The molecule has 2 aromatic heterocycles. The topological polar surface area (TPSA) is 78.7 Å². The highest BCUT2D eigenvalue weighted by Gasteiger charge is 2.30. The van der Waals surface area contributed by atoms with Crippen LogP contribution in [0.2, 0.25) is 0 Å². The molecule has 168 valence electrons. The number of pyridine rings is 1. The minimum absolute atomic E-state index is 0.0166. The third-order valence-corrected chi connectivity index (χ3v) is 4.75. The van der Waals surface area contributed by atoms with Crippen LogP contribution in [-0.4, -0.2) is 45.1 Å². The van der Waals surface area contributed by atoms with Crippen LogP contribution in [0.5, 0.6) is 17.4 Å². The van der Waals surface area contributed by atoms with Gasteiger partial charge in [0, 0.05) is 38.2 Å². The number of hydrogen-bond acceptors (Lipinski definition) is 6. The summed E-state index contributed by atoms with van der Waals surface area (Å²) < 4.78 is 48.6. The van der Waals surface area contributed by atoms with Crippen molar-refractivity contribution in [2.24, 2.45) is 0 Å². The highest BCUT2D eigenvalue weighted by atomic mass is 19.4. The fourth-order valence-electron chi connectivity index (χ4n) is 3.08. The van der Waals surface area contributed by atoms with Crippen LogP contribution in [0.1, 0.15) is 18.4 Å². The van der Waals surface area contributed by atoms with Gasteiger partial charge >= 0.3 is 12.3 Å². The summed E-state index contributed by atoms with van der Waals surface area (Å²) in [6, 6.07) is 9.93. The van der Waals surface area contributed by atoms with Gasteiger partial charge in [-0.3, -0.25) is 0 Å². The zero-order valence-electron chi connectivity index (χ0n) is 16.7. The molecule has 11 heteroatoms. The van der Waals surface area contributed by atoms with Crippen LogP contribution in [0, 0.1) is 0 Å². The molecule has 3 aromatic rings. The van der Waals surface area contributed by atoms with Gasteiger partial charge < -0.3 is 19.2 Å². The Morgan fingerprint density at radius 3 is 2.34 bits per heavy atom. The Bertz CT molecular complexity index is 1020. The van der Waals surface area contributed by atoms with Gasteiger partial charge in [-0.25, -0.2) is 9.78 Å². The number of amides is 1. The molecule has 0 radical (unpaired) electrons. The van der Waals surface area contributed by atoms with E-state index in [1.165, 1.54) is 29.1 Å². The van der Waals surface area contributed by atoms with Gasteiger partial charge in [-0.15, -0.1) is 9.94 Å². The van der Waals surface area contributed by atoms with Crippen molar-refractivity contribution < 1.29 is 32.3 Å². The number of nitrogens with zero attached hydrogens (tertiary/aromatic N) is 4. The number of hydrogen-bond donors (Lipinski definition) is 0. The van der Waals surface area contributed by atoms with Crippen molar-refractivity contribution in [3.63, 3.8) is 0 Å². The maximum absolute atomic E-state index is 12.6. The molecule has 1 fully saturated rings. The van der Waals surface area contributed by atoms with E-state index in [2.05, 4.69) is 10.1 Å². The van der Waals surface area contributed by atoms with Gasteiger partial charge in [-0.1, -0.05) is 0 Å². The van der Waals surface area contributed by atoms with E-state index >= 15 is 0 Å². The second kappa shape index (κ2) is 9.16. The van der Waals surface area contributed by atoms with E-state index in [-0.39, 0.29) is 12.0 Å². The Morgan fingerprint density at radius 1 is 1.03 bits per heavy atom. The standard InChI is InChI=1S/C21H19F3N4O4/c22-21(23,24)15-2-7-19(25-14-15)30-16-3-5-17(6-4-16)31-20(29)27-12-8-18(9-13-27)32-28-11-1-10-26-28/h1-7,10-11,14,18H,8-9,12-13H2. The summed E-state index contributed by atoms with van der Waals surface area (Å²) in [6.45, 7) is 0.983. The van der Waals surface area contributed by atoms with E-state index in [4.69, 9.17) is 14.3 Å². The molecule has 8 nitrogen and oxygen atoms in total. The predicted molar refractivity (Wildman–Crippen MR) is 105 cm³/mol. The zero-order valence-corrected chi connectivity index (χ0v) is 16.7. The van der Waals surface area contributed by atoms with E-state index in [1.54, 1.807) is 23.4 Å². The van der Waals surface area contributed by atoms with Crippen LogP contribution < -0.4 is 14.3 Å². The van der Waals surface area contributed by atoms with Crippen molar-refractivity contribution in [2.45, 2.75) is 25.1 Å². The van der Waals surface area contributed by atoms with Crippen molar-refractivity contribution in [2.75, 3.05) is 13.1 Å². The van der Waals surface area contributed by atoms with Crippen LogP contribution >= 0.6 is 0 Å². The number of halogens is 3. The molecule has 0 atom stereocenters. The minimum atomic E-state index is -4.46. The molecular formula is C21H19F3N4O4. The largest absolute Gasteiger partial charge is 0.439 e. The summed E-state index contributed by atoms with van der Waals surface area (Å²) in [7, 11) is 0. The lowest BCUT2D eigenvalue weighted by molar-refractivity contribution is -0.137. The number of carbonyl (C=O) groups is 1. The van der Waals surface area contributed by atoms with Gasteiger partial charge in [-0.2, -0.15) is 13.2 Å². The molecule has 0 aliphatic carbocycles. The summed E-state index contributed by atoms with van der Waals surface area (Å²) >= 11 is 0. The fraction of sp³-hybridized carbons (Fsp3) is 0.286. The number of ether oxygens (including phenoxy) is 2. The molecule has 1 amide bonds. The quantitative estimate of drug-likeness (QED) is 0.583. The molecule has 0 saturated carbocycles. The highest BCUT2D eigenvalue weighted by Crippen LogP contribution is 2.30. The normalized spacial score (nSPS) is 14.8. The average Bonchev–Trinajstić information content (AvgIpc) is 3.28. The molecule has 32 heavy (non-hydrogen) atoms. The lowest BCUT2D eigenvalue weighted by Crippen LogP contribution is -2.44. The summed E-state index contributed by atoms with van der Waals surface area (Å²) in [5.41, 5.74) is -0.857. The van der Waals surface area contributed by atoms with Crippen LogP contribution in [0.25, 0.3) is 0 Å². The monoisotopic (exact) mass is 448 g/mol. The fourth-order valence-corrected chi connectivity index (χ4v) is 3.08. The van der Waals surface area contributed by atoms with Crippen molar-refractivity contribution in [3.05, 3.63) is 66.6 Å². The molecule has 1 aliphatic heterocycles. The molecule has 0 unspecified atom stereocenters. The molecule has 1 aromatic carbocycles. The molecule has 1 saturated heterocycles. The van der Waals surface area contributed by atoms with Crippen LogP contribution in [0.3, 0.4) is 0 Å². The van der Waals surface area contributed by atoms with Gasteiger partial charge in [-0.05, 0) is 36.4 Å². The number of rotatable bonds is 5. The maximum Gasteiger partial charge on any atom is 0.417 e. The smallest absolute Gasteiger partial charge is 0.417 e. The van der Waals surface area contributed by atoms with Crippen molar-refractivity contribution in [3.8, 4) is 17.4 Å². The Balaban J connectivity index is 1.26. The first-order valence-corrected chi connectivity index (χ1v) is 9.81. The minimum Gasteiger partial charge on any atom is -0.439 e. The Hall–Kier alpha value is -3.76. The van der Waals surface area contributed by atoms with Gasteiger partial charge in [0.05, 0.1) is 18.0 Å². The first kappa shape index (κ1) is 21.5. The van der Waals surface area contributed by atoms with Crippen LogP contribution in [0.15, 0.2) is 61.1 Å². The lowest BCUT2D eigenvalue weighted by atomic mass is 10.1. The highest BCUT2D eigenvalue weighted by molar-refractivity contribution is 5.70. The number of carbonyl (C=O) groups excluding carboxylic acids is 1. The molecule has 4 rings (SSSR count). The van der Waals surface area contributed by atoms with Crippen molar-refractivity contribution in [1.29, 1.82) is 0 Å². The zero-order chi connectivity index (χ0) is 22.6. The van der Waals surface area contributed by atoms with Crippen molar-refractivity contribution in [1.82, 2.24) is 19.8 Å². The van der Waals surface area contributed by atoms with Gasteiger partial charge in [0.2, 0.25) is 5.88 Å². The van der Waals surface area contributed by atoms with Gasteiger partial charge in [0.25, 0.3) is 0 Å². The van der Waals surface area contributed by atoms with Gasteiger partial charge in [0.1, 0.15) is 17.6 Å². The van der Waals surface area contributed by atoms with Gasteiger partial charge in [0.15, 0.2) is 0 Å². The SMILES string of the molecule is O=C(Oc1ccc(Oc2ccc(C(F)(F)F)cn2)cc1)N1CCC(On2cccn2)CC1. The lowest BCUT2D eigenvalue weighted by Gasteiger charge is -2.30. The first-order valence-electron chi connectivity index (χ1n) is 9.81. The average molecular weight is 448 g/mol. The van der Waals surface area contributed by atoms with E-state index in [0.29, 0.717) is 43.6 Å².